The first-order chi connectivity index (χ1) is 13.6. The summed E-state index contributed by atoms with van der Waals surface area (Å²) in [6.45, 7) is 1.96. The molecule has 138 valence electrons. The van der Waals surface area contributed by atoms with Crippen molar-refractivity contribution < 1.29 is 4.79 Å². The van der Waals surface area contributed by atoms with Crippen LogP contribution in [0.5, 0.6) is 0 Å². The molecule has 3 aromatic carbocycles. The molecule has 0 unspecified atom stereocenters. The van der Waals surface area contributed by atoms with E-state index in [-0.39, 0.29) is 5.91 Å². The summed E-state index contributed by atoms with van der Waals surface area (Å²) < 4.78 is 0. The molecule has 0 aliphatic carbocycles. The van der Waals surface area contributed by atoms with Gasteiger partial charge in [-0.3, -0.25) is 10.1 Å². The van der Waals surface area contributed by atoms with Crippen LogP contribution in [0.4, 0.5) is 5.13 Å². The van der Waals surface area contributed by atoms with E-state index in [2.05, 4.69) is 5.32 Å². The molecule has 0 aliphatic rings. The number of halogens is 1. The molecule has 1 N–H and O–H groups in total. The van der Waals surface area contributed by atoms with Crippen LogP contribution in [0.25, 0.3) is 21.7 Å². The summed E-state index contributed by atoms with van der Waals surface area (Å²) in [6, 6.07) is 25.1. The monoisotopic (exact) mass is 404 g/mol. The molecule has 0 saturated heterocycles. The molecule has 0 spiro atoms. The van der Waals surface area contributed by atoms with Crippen molar-refractivity contribution in [3.63, 3.8) is 0 Å². The Bertz CT molecular complexity index is 1120. The quantitative estimate of drug-likeness (QED) is 0.411. The molecule has 0 bridgehead atoms. The number of rotatable bonds is 4. The van der Waals surface area contributed by atoms with Gasteiger partial charge in [-0.1, -0.05) is 83.1 Å². The number of benzene rings is 3. The Morgan fingerprint density at radius 1 is 0.929 bits per heavy atom. The fourth-order valence-corrected chi connectivity index (χ4v) is 4.03. The number of amides is 1. The minimum atomic E-state index is -0.167. The van der Waals surface area contributed by atoms with Gasteiger partial charge in [0.1, 0.15) is 0 Å². The number of thiazole rings is 1. The Hall–Kier alpha value is -2.95. The molecule has 3 nitrogen and oxygen atoms in total. The number of aryl methyl sites for hydroxylation is 1. The zero-order valence-electron chi connectivity index (χ0n) is 15.1. The maximum Gasteiger partial charge on any atom is 0.257 e. The van der Waals surface area contributed by atoms with E-state index in [0.717, 1.165) is 27.3 Å². The van der Waals surface area contributed by atoms with Gasteiger partial charge in [0.15, 0.2) is 5.13 Å². The molecular weight excluding hydrogens is 388 g/mol. The number of nitrogens with zero attached hydrogens (tertiary/aromatic N) is 1. The van der Waals surface area contributed by atoms with Crippen molar-refractivity contribution >= 4 is 34.0 Å². The highest BCUT2D eigenvalue weighted by Crippen LogP contribution is 2.39. The molecule has 0 radical (unpaired) electrons. The Kier molecular flexibility index (Phi) is 5.24. The smallest absolute Gasteiger partial charge is 0.257 e. The molecule has 28 heavy (non-hydrogen) atoms. The van der Waals surface area contributed by atoms with Gasteiger partial charge >= 0.3 is 0 Å². The van der Waals surface area contributed by atoms with Gasteiger partial charge in [-0.25, -0.2) is 4.98 Å². The number of carbonyl (C=O) groups is 1. The van der Waals surface area contributed by atoms with Gasteiger partial charge < -0.3 is 0 Å². The maximum absolute atomic E-state index is 12.6. The van der Waals surface area contributed by atoms with Crippen LogP contribution < -0.4 is 5.32 Å². The molecule has 0 saturated carbocycles. The Morgan fingerprint density at radius 2 is 1.68 bits per heavy atom. The number of carbonyl (C=O) groups excluding carboxylic acids is 1. The molecular formula is C23H17ClN2OS. The molecule has 5 heteroatoms. The zero-order chi connectivity index (χ0) is 19.5. The van der Waals surface area contributed by atoms with Gasteiger partial charge in [0.05, 0.1) is 10.6 Å². The first kappa shape index (κ1) is 18.4. The third-order valence-corrected chi connectivity index (χ3v) is 5.55. The third kappa shape index (κ3) is 3.98. The summed E-state index contributed by atoms with van der Waals surface area (Å²) in [7, 11) is 0. The van der Waals surface area contributed by atoms with E-state index in [1.807, 2.05) is 79.7 Å². The van der Waals surface area contributed by atoms with Gasteiger partial charge in [0, 0.05) is 16.1 Å². The average Bonchev–Trinajstić information content (AvgIpc) is 3.13. The number of hydrogen-bond acceptors (Lipinski definition) is 3. The van der Waals surface area contributed by atoms with Crippen molar-refractivity contribution in [2.45, 2.75) is 6.92 Å². The third-order valence-electron chi connectivity index (χ3n) is 4.28. The normalized spacial score (nSPS) is 10.6. The second-order valence-corrected chi connectivity index (χ2v) is 7.83. The minimum absolute atomic E-state index is 0.167. The van der Waals surface area contributed by atoms with Crippen LogP contribution in [-0.2, 0) is 0 Å². The molecule has 1 aromatic heterocycles. The van der Waals surface area contributed by atoms with E-state index >= 15 is 0 Å². The Labute approximate surface area is 172 Å². The van der Waals surface area contributed by atoms with Crippen molar-refractivity contribution in [2.75, 3.05) is 5.32 Å². The highest BCUT2D eigenvalue weighted by atomic mass is 35.5. The number of anilines is 1. The first-order valence-corrected chi connectivity index (χ1v) is 10.00. The fourth-order valence-electron chi connectivity index (χ4n) is 2.92. The lowest BCUT2D eigenvalue weighted by molar-refractivity contribution is 0.102. The van der Waals surface area contributed by atoms with Crippen LogP contribution in [0.2, 0.25) is 5.02 Å². The molecule has 0 aliphatic heterocycles. The first-order valence-electron chi connectivity index (χ1n) is 8.80. The van der Waals surface area contributed by atoms with E-state index in [1.165, 1.54) is 11.3 Å². The topological polar surface area (TPSA) is 42.0 Å². The van der Waals surface area contributed by atoms with E-state index in [1.54, 1.807) is 6.07 Å². The standard InChI is InChI=1S/C23H17ClN2OS/c1-15-6-5-9-18(14-15)22(27)26-23-25-20(16-10-12-19(24)13-11-16)21(28-23)17-7-3-2-4-8-17/h2-14H,1H3,(H,25,26,27). The van der Waals surface area contributed by atoms with Crippen molar-refractivity contribution in [3.05, 3.63) is 95.0 Å². The molecule has 0 fully saturated rings. The zero-order valence-corrected chi connectivity index (χ0v) is 16.7. The predicted octanol–water partition coefficient (Wildman–Crippen LogP) is 6.69. The molecule has 1 heterocycles. The van der Waals surface area contributed by atoms with Crippen LogP contribution in [0.1, 0.15) is 15.9 Å². The van der Waals surface area contributed by atoms with E-state index in [4.69, 9.17) is 16.6 Å². The van der Waals surface area contributed by atoms with Crippen molar-refractivity contribution in [1.29, 1.82) is 0 Å². The molecule has 4 aromatic rings. The van der Waals surface area contributed by atoms with Crippen LogP contribution in [-0.4, -0.2) is 10.9 Å². The average molecular weight is 405 g/mol. The minimum Gasteiger partial charge on any atom is -0.298 e. The van der Waals surface area contributed by atoms with E-state index in [0.29, 0.717) is 15.7 Å². The highest BCUT2D eigenvalue weighted by Gasteiger charge is 2.17. The number of nitrogens with one attached hydrogen (secondary N) is 1. The summed E-state index contributed by atoms with van der Waals surface area (Å²) in [5, 5.41) is 4.18. The second kappa shape index (κ2) is 7.97. The molecule has 4 rings (SSSR count). The van der Waals surface area contributed by atoms with Crippen LogP contribution in [0.3, 0.4) is 0 Å². The summed E-state index contributed by atoms with van der Waals surface area (Å²) in [5.74, 6) is -0.167. The number of aromatic nitrogens is 1. The maximum atomic E-state index is 12.6. The molecule has 0 atom stereocenters. The van der Waals surface area contributed by atoms with Crippen LogP contribution >= 0.6 is 22.9 Å². The lowest BCUT2D eigenvalue weighted by Crippen LogP contribution is -2.11. The van der Waals surface area contributed by atoms with Crippen LogP contribution in [0, 0.1) is 6.92 Å². The lowest BCUT2D eigenvalue weighted by Gasteiger charge is -2.03. The van der Waals surface area contributed by atoms with Gasteiger partial charge in [0.25, 0.3) is 5.91 Å². The second-order valence-electron chi connectivity index (χ2n) is 6.39. The fraction of sp³-hybridized carbons (Fsp3) is 0.0435. The summed E-state index contributed by atoms with van der Waals surface area (Å²) in [5.41, 5.74) is 4.49. The summed E-state index contributed by atoms with van der Waals surface area (Å²) in [6.07, 6.45) is 0. The van der Waals surface area contributed by atoms with Gasteiger partial charge in [-0.05, 0) is 36.8 Å². The van der Waals surface area contributed by atoms with E-state index in [9.17, 15) is 4.79 Å². The largest absolute Gasteiger partial charge is 0.298 e. The van der Waals surface area contributed by atoms with Gasteiger partial charge in [-0.15, -0.1) is 0 Å². The van der Waals surface area contributed by atoms with Gasteiger partial charge in [0.2, 0.25) is 0 Å². The van der Waals surface area contributed by atoms with Crippen molar-refractivity contribution in [2.24, 2.45) is 0 Å². The Morgan fingerprint density at radius 3 is 2.39 bits per heavy atom. The van der Waals surface area contributed by atoms with Crippen LogP contribution in [0.15, 0.2) is 78.9 Å². The van der Waals surface area contributed by atoms with Gasteiger partial charge in [-0.2, -0.15) is 0 Å². The Balaban J connectivity index is 1.73. The summed E-state index contributed by atoms with van der Waals surface area (Å²) in [4.78, 5) is 18.4. The lowest BCUT2D eigenvalue weighted by atomic mass is 10.1. The number of hydrogen-bond donors (Lipinski definition) is 1. The SMILES string of the molecule is Cc1cccc(C(=O)Nc2nc(-c3ccc(Cl)cc3)c(-c3ccccc3)s2)c1. The molecule has 1 amide bonds. The summed E-state index contributed by atoms with van der Waals surface area (Å²) >= 11 is 7.50. The van der Waals surface area contributed by atoms with Crippen molar-refractivity contribution in [1.82, 2.24) is 4.98 Å². The van der Waals surface area contributed by atoms with E-state index < -0.39 is 0 Å². The predicted molar refractivity (Wildman–Crippen MR) is 117 cm³/mol. The van der Waals surface area contributed by atoms with Crippen molar-refractivity contribution in [3.8, 4) is 21.7 Å². The highest BCUT2D eigenvalue weighted by molar-refractivity contribution is 7.19.